The van der Waals surface area contributed by atoms with Gasteiger partial charge in [-0.2, -0.15) is 0 Å². The van der Waals surface area contributed by atoms with Gasteiger partial charge in [-0.15, -0.1) is 0 Å². The molecule has 0 spiro atoms. The van der Waals surface area contributed by atoms with Gasteiger partial charge < -0.3 is 0 Å². The summed E-state index contributed by atoms with van der Waals surface area (Å²) in [4.78, 5) is 0. The number of hydrogen-bond acceptors (Lipinski definition) is 0. The number of benzene rings is 1. The predicted molar refractivity (Wildman–Crippen MR) is 90.3 cm³/mol. The number of rotatable bonds is 2. The second kappa shape index (κ2) is 5.99. The molecule has 0 saturated heterocycles. The zero-order valence-corrected chi connectivity index (χ0v) is 13.2. The Bertz CT molecular complexity index is 513. The highest BCUT2D eigenvalue weighted by molar-refractivity contribution is 5.76. The smallest absolute Gasteiger partial charge is 0.00584 e. The van der Waals surface area contributed by atoms with Gasteiger partial charge in [0.15, 0.2) is 0 Å². The van der Waals surface area contributed by atoms with Crippen molar-refractivity contribution in [3.8, 4) is 0 Å². The van der Waals surface area contributed by atoms with Crippen molar-refractivity contribution in [1.82, 2.24) is 0 Å². The Hall–Kier alpha value is -1.04. The third-order valence-electron chi connectivity index (χ3n) is 6.19. The van der Waals surface area contributed by atoms with E-state index in [0.717, 1.165) is 17.8 Å². The SMILES string of the molecule is C1=C(C2CCCCC2)c2ccccc2C1C1CCCCC1. The normalized spacial score (nSPS) is 27.4. The maximum absolute atomic E-state index is 2.70. The lowest BCUT2D eigenvalue weighted by Crippen LogP contribution is -2.13. The topological polar surface area (TPSA) is 0 Å². The highest BCUT2D eigenvalue weighted by Crippen LogP contribution is 2.49. The Morgan fingerprint density at radius 1 is 0.714 bits per heavy atom. The first kappa shape index (κ1) is 13.6. The van der Waals surface area contributed by atoms with Crippen LogP contribution >= 0.6 is 0 Å². The molecule has 1 aromatic rings. The fourth-order valence-electron chi connectivity index (χ4n) is 5.08. The summed E-state index contributed by atoms with van der Waals surface area (Å²) in [5, 5.41) is 0. The van der Waals surface area contributed by atoms with Crippen molar-refractivity contribution in [2.24, 2.45) is 11.8 Å². The van der Waals surface area contributed by atoms with Crippen molar-refractivity contribution in [3.05, 3.63) is 41.5 Å². The van der Waals surface area contributed by atoms with Gasteiger partial charge >= 0.3 is 0 Å². The quantitative estimate of drug-likeness (QED) is 0.594. The molecule has 112 valence electrons. The number of allylic oxidation sites excluding steroid dienone is 2. The molecule has 0 heterocycles. The molecule has 0 aromatic heterocycles. The van der Waals surface area contributed by atoms with Gasteiger partial charge in [-0.3, -0.25) is 0 Å². The molecule has 0 N–H and O–H groups in total. The average Bonchev–Trinajstić information content (AvgIpc) is 2.96. The molecule has 0 amide bonds. The highest BCUT2D eigenvalue weighted by Gasteiger charge is 2.33. The van der Waals surface area contributed by atoms with Crippen LogP contribution in [0.3, 0.4) is 0 Å². The molecule has 21 heavy (non-hydrogen) atoms. The van der Waals surface area contributed by atoms with Crippen LogP contribution in [0, 0.1) is 11.8 Å². The summed E-state index contributed by atoms with van der Waals surface area (Å²) < 4.78 is 0. The maximum atomic E-state index is 2.70. The van der Waals surface area contributed by atoms with Crippen LogP contribution in [0.15, 0.2) is 30.3 Å². The zero-order chi connectivity index (χ0) is 14.1. The highest BCUT2D eigenvalue weighted by atomic mass is 14.4. The van der Waals surface area contributed by atoms with Gasteiger partial charge in [-0.1, -0.05) is 68.9 Å². The molecule has 1 atom stereocenters. The van der Waals surface area contributed by atoms with Gasteiger partial charge in [0.05, 0.1) is 0 Å². The van der Waals surface area contributed by atoms with Crippen LogP contribution in [0.5, 0.6) is 0 Å². The molecular formula is C21H28. The van der Waals surface area contributed by atoms with Crippen LogP contribution in [0.25, 0.3) is 5.57 Å². The van der Waals surface area contributed by atoms with E-state index >= 15 is 0 Å². The molecular weight excluding hydrogens is 252 g/mol. The summed E-state index contributed by atoms with van der Waals surface area (Å²) in [5.74, 6) is 2.51. The van der Waals surface area contributed by atoms with Crippen LogP contribution < -0.4 is 0 Å². The first-order valence-corrected chi connectivity index (χ1v) is 9.24. The molecule has 0 heteroatoms. The molecule has 1 aromatic carbocycles. The molecule has 3 aliphatic rings. The molecule has 4 rings (SSSR count). The van der Waals surface area contributed by atoms with E-state index in [1.54, 1.807) is 16.7 Å². The Morgan fingerprint density at radius 3 is 2.14 bits per heavy atom. The summed E-state index contributed by atoms with van der Waals surface area (Å²) in [7, 11) is 0. The van der Waals surface area contributed by atoms with Crippen LogP contribution in [-0.4, -0.2) is 0 Å². The van der Waals surface area contributed by atoms with Crippen molar-refractivity contribution in [1.29, 1.82) is 0 Å². The van der Waals surface area contributed by atoms with Crippen molar-refractivity contribution in [2.75, 3.05) is 0 Å². The standard InChI is InChI=1S/C21H28/c1-3-9-16(10-4-1)20-15-21(17-11-5-2-6-12-17)19-14-8-7-13-18(19)20/h7-8,13-17,20H,1-6,9-12H2. The molecule has 2 saturated carbocycles. The van der Waals surface area contributed by atoms with E-state index in [1.165, 1.54) is 64.2 Å². The second-order valence-electron chi connectivity index (χ2n) is 7.47. The van der Waals surface area contributed by atoms with E-state index < -0.39 is 0 Å². The van der Waals surface area contributed by atoms with Gasteiger partial charge in [0.1, 0.15) is 0 Å². The fourth-order valence-corrected chi connectivity index (χ4v) is 5.08. The van der Waals surface area contributed by atoms with E-state index in [9.17, 15) is 0 Å². The number of hydrogen-bond donors (Lipinski definition) is 0. The summed E-state index contributed by atoms with van der Waals surface area (Å²) in [6.07, 6.45) is 17.2. The first-order chi connectivity index (χ1) is 10.4. The lowest BCUT2D eigenvalue weighted by atomic mass is 9.78. The molecule has 0 aliphatic heterocycles. The van der Waals surface area contributed by atoms with Gasteiger partial charge in [0, 0.05) is 5.92 Å². The maximum Gasteiger partial charge on any atom is 0.00584 e. The van der Waals surface area contributed by atoms with Crippen LogP contribution in [0.1, 0.15) is 81.3 Å². The minimum atomic E-state index is 0.735. The molecule has 3 aliphatic carbocycles. The van der Waals surface area contributed by atoms with Crippen molar-refractivity contribution in [2.45, 2.75) is 70.1 Å². The minimum Gasteiger partial charge on any atom is -0.0726 e. The summed E-state index contributed by atoms with van der Waals surface area (Å²) >= 11 is 0. The Kier molecular flexibility index (Phi) is 3.88. The summed E-state index contributed by atoms with van der Waals surface area (Å²) in [5.41, 5.74) is 4.99. The van der Waals surface area contributed by atoms with Crippen LogP contribution in [-0.2, 0) is 0 Å². The van der Waals surface area contributed by atoms with Crippen LogP contribution in [0.4, 0.5) is 0 Å². The second-order valence-corrected chi connectivity index (χ2v) is 7.47. The van der Waals surface area contributed by atoms with Crippen molar-refractivity contribution >= 4 is 5.57 Å². The monoisotopic (exact) mass is 280 g/mol. The molecule has 2 fully saturated rings. The molecule has 0 nitrogen and oxygen atoms in total. The fraction of sp³-hybridized carbons (Fsp3) is 0.619. The van der Waals surface area contributed by atoms with E-state index in [-0.39, 0.29) is 0 Å². The summed E-state index contributed by atoms with van der Waals surface area (Å²) in [6, 6.07) is 9.32. The zero-order valence-electron chi connectivity index (χ0n) is 13.2. The summed E-state index contributed by atoms with van der Waals surface area (Å²) in [6.45, 7) is 0. The lowest BCUT2D eigenvalue weighted by molar-refractivity contribution is 0.333. The average molecular weight is 280 g/mol. The minimum absolute atomic E-state index is 0.735. The molecule has 1 unspecified atom stereocenters. The van der Waals surface area contributed by atoms with Crippen molar-refractivity contribution in [3.63, 3.8) is 0 Å². The Balaban J connectivity index is 1.66. The van der Waals surface area contributed by atoms with Gasteiger partial charge in [-0.05, 0) is 54.2 Å². The van der Waals surface area contributed by atoms with E-state index in [2.05, 4.69) is 30.3 Å². The number of fused-ring (bicyclic) bond motifs is 1. The van der Waals surface area contributed by atoms with Gasteiger partial charge in [-0.25, -0.2) is 0 Å². The first-order valence-electron chi connectivity index (χ1n) is 9.24. The van der Waals surface area contributed by atoms with E-state index in [4.69, 9.17) is 0 Å². The molecule has 0 radical (unpaired) electrons. The van der Waals surface area contributed by atoms with E-state index in [1.807, 2.05) is 0 Å². The third kappa shape index (κ3) is 2.58. The van der Waals surface area contributed by atoms with Crippen molar-refractivity contribution < 1.29 is 0 Å². The van der Waals surface area contributed by atoms with Gasteiger partial charge in [0.2, 0.25) is 0 Å². The molecule has 0 bridgehead atoms. The Labute approximate surface area is 129 Å². The largest absolute Gasteiger partial charge is 0.0726 e. The Morgan fingerprint density at radius 2 is 1.38 bits per heavy atom. The predicted octanol–water partition coefficient (Wildman–Crippen LogP) is 6.33. The van der Waals surface area contributed by atoms with Crippen LogP contribution in [0.2, 0.25) is 0 Å². The van der Waals surface area contributed by atoms with E-state index in [0.29, 0.717) is 0 Å². The lowest BCUT2D eigenvalue weighted by Gasteiger charge is -2.27. The third-order valence-corrected chi connectivity index (χ3v) is 6.19. The van der Waals surface area contributed by atoms with Gasteiger partial charge in [0.25, 0.3) is 0 Å².